The molecule has 6 heteroatoms. The van der Waals surface area contributed by atoms with E-state index in [4.69, 9.17) is 0 Å². The van der Waals surface area contributed by atoms with Crippen molar-refractivity contribution in [3.63, 3.8) is 0 Å². The highest BCUT2D eigenvalue weighted by molar-refractivity contribution is 7.98. The van der Waals surface area contributed by atoms with Crippen LogP contribution >= 0.6 is 11.8 Å². The number of carbonyl (C=O) groups is 2. The molecule has 60 heavy (non-hydrogen) atoms. The highest BCUT2D eigenvalue weighted by Crippen LogP contribution is 2.47. The minimum absolute atomic E-state index is 0.337. The van der Waals surface area contributed by atoms with Crippen LogP contribution in [0.2, 0.25) is 0 Å². The van der Waals surface area contributed by atoms with Gasteiger partial charge in [-0.1, -0.05) is 198 Å². The van der Waals surface area contributed by atoms with Crippen molar-refractivity contribution in [2.75, 3.05) is 18.6 Å². The quantitative estimate of drug-likeness (QED) is 0.236. The molecule has 0 bridgehead atoms. The second-order valence-corrected chi connectivity index (χ2v) is 17.4. The van der Waals surface area contributed by atoms with E-state index in [-0.39, 0.29) is 5.91 Å². The van der Waals surface area contributed by atoms with Gasteiger partial charge in [0, 0.05) is 18.2 Å². The average molecular weight is 857 g/mol. The maximum absolute atomic E-state index is 13.2. The summed E-state index contributed by atoms with van der Waals surface area (Å²) in [4.78, 5) is 27.4. The van der Waals surface area contributed by atoms with E-state index in [1.165, 1.54) is 102 Å². The van der Waals surface area contributed by atoms with E-state index in [0.717, 1.165) is 47.5 Å². The Morgan fingerprint density at radius 3 is 1.73 bits per heavy atom. The van der Waals surface area contributed by atoms with E-state index in [1.54, 1.807) is 11.8 Å². The van der Waals surface area contributed by atoms with Crippen LogP contribution < -0.4 is 5.32 Å². The smallest absolute Gasteiger partial charge is 0.326 e. The average Bonchev–Trinajstić information content (AvgIpc) is 4.23. The van der Waals surface area contributed by atoms with Gasteiger partial charge in [-0.05, 0) is 110 Å². The van der Waals surface area contributed by atoms with Gasteiger partial charge < -0.3 is 10.4 Å². The monoisotopic (exact) mass is 857 g/mol. The summed E-state index contributed by atoms with van der Waals surface area (Å²) in [6.45, 7) is 33.7. The lowest BCUT2D eigenvalue weighted by molar-refractivity contribution is -0.139. The number of aliphatic carboxylic acids is 1. The van der Waals surface area contributed by atoms with Gasteiger partial charge in [0.2, 0.25) is 0 Å². The topological polar surface area (TPSA) is 69.6 Å². The Balaban J connectivity index is -0.000000930. The van der Waals surface area contributed by atoms with Crippen LogP contribution in [0.5, 0.6) is 0 Å². The van der Waals surface area contributed by atoms with Crippen LogP contribution in [-0.4, -0.2) is 52.5 Å². The first-order valence-electron chi connectivity index (χ1n) is 24.9. The summed E-state index contributed by atoms with van der Waals surface area (Å²) in [6.07, 6.45) is 24.7. The lowest BCUT2D eigenvalue weighted by Gasteiger charge is -2.24. The maximum Gasteiger partial charge on any atom is 0.326 e. The van der Waals surface area contributed by atoms with E-state index in [2.05, 4.69) is 71.7 Å². The van der Waals surface area contributed by atoms with Crippen LogP contribution in [0.15, 0.2) is 42.5 Å². The van der Waals surface area contributed by atoms with E-state index in [0.29, 0.717) is 23.8 Å². The fourth-order valence-corrected chi connectivity index (χ4v) is 6.86. The number of nitrogens with zero attached hydrogens (tertiary/aromatic N) is 1. The van der Waals surface area contributed by atoms with Crippen molar-refractivity contribution >= 4 is 23.6 Å². The Hall–Kier alpha value is -2.31. The molecule has 2 aromatic rings. The number of carboxylic acid groups (broad SMARTS) is 1. The fourth-order valence-electron chi connectivity index (χ4n) is 6.39. The molecule has 3 aliphatic carbocycles. The predicted molar refractivity (Wildman–Crippen MR) is 272 cm³/mol. The Morgan fingerprint density at radius 2 is 1.33 bits per heavy atom. The minimum atomic E-state index is -0.999. The number of carboxylic acids is 1. The van der Waals surface area contributed by atoms with Crippen molar-refractivity contribution in [2.45, 2.75) is 232 Å². The molecule has 1 saturated heterocycles. The predicted octanol–water partition coefficient (Wildman–Crippen LogP) is 16.8. The number of hydrogen-bond donors (Lipinski definition) is 2. The lowest BCUT2D eigenvalue weighted by Crippen LogP contribution is -2.41. The normalized spacial score (nSPS) is 17.0. The molecule has 350 valence electrons. The third-order valence-corrected chi connectivity index (χ3v) is 11.2. The van der Waals surface area contributed by atoms with E-state index < -0.39 is 12.0 Å². The van der Waals surface area contributed by atoms with Crippen LogP contribution in [0.3, 0.4) is 0 Å². The van der Waals surface area contributed by atoms with Gasteiger partial charge in [-0.3, -0.25) is 9.69 Å². The van der Waals surface area contributed by atoms with Crippen LogP contribution in [0.4, 0.5) is 0 Å². The van der Waals surface area contributed by atoms with Crippen molar-refractivity contribution in [1.29, 1.82) is 0 Å². The van der Waals surface area contributed by atoms with Gasteiger partial charge in [-0.15, -0.1) is 0 Å². The van der Waals surface area contributed by atoms with Gasteiger partial charge in [0.25, 0.3) is 5.91 Å². The summed E-state index contributed by atoms with van der Waals surface area (Å²) in [7, 11) is 0. The molecule has 1 amide bonds. The van der Waals surface area contributed by atoms with Gasteiger partial charge in [0.15, 0.2) is 0 Å². The van der Waals surface area contributed by atoms with E-state index >= 15 is 0 Å². The molecule has 3 saturated carbocycles. The molecule has 1 aliphatic heterocycles. The molecule has 0 radical (unpaired) electrons. The molecular weight excluding hydrogens is 757 g/mol. The number of benzene rings is 2. The Kier molecular flexibility index (Phi) is 42.1. The number of thioether (sulfide) groups is 1. The standard InChI is InChI=1S/C26H34N2O3S.C7H14.C6H12.C3H6.2C3H8.3C2H6/c1-4-20-9-7-14-28(20)17-19-11-12-22(23(16-19)21-10-6-5-8-18(21)2)25(29)27-24(26(30)31)13-15-32-3;1-7-5-3-2-4-6-7;1-3-6(2)4-5-6;1-2-3-1;2*1-3-2;3*1-2/h5-6,8,10-12,16,20,24H,4,7,9,13-15,17H2,1-3H3,(H,27,29)(H,30,31);7H,2-6H2,1H3;3-5H2,1-2H3;1-3H2;2*3H2,1-2H3;3*1-2H3/t20-,24?;;;;;;;;/m0......../s1. The molecule has 1 unspecified atom stereocenters. The zero-order valence-electron chi connectivity index (χ0n) is 42.5. The van der Waals surface area contributed by atoms with E-state index in [9.17, 15) is 14.7 Å². The van der Waals surface area contributed by atoms with Gasteiger partial charge in [0.1, 0.15) is 6.04 Å². The lowest BCUT2D eigenvalue weighted by atomic mass is 9.91. The highest BCUT2D eigenvalue weighted by atomic mass is 32.2. The first-order chi connectivity index (χ1) is 28.9. The van der Waals surface area contributed by atoms with Crippen molar-refractivity contribution in [1.82, 2.24) is 10.2 Å². The minimum Gasteiger partial charge on any atom is -0.480 e. The van der Waals surface area contributed by atoms with Gasteiger partial charge in [0.05, 0.1) is 0 Å². The molecule has 6 rings (SSSR count). The zero-order valence-corrected chi connectivity index (χ0v) is 43.4. The molecule has 1 heterocycles. The van der Waals surface area contributed by atoms with Crippen LogP contribution in [0.25, 0.3) is 11.1 Å². The van der Waals surface area contributed by atoms with Crippen LogP contribution in [0, 0.1) is 18.3 Å². The maximum atomic E-state index is 13.2. The number of carbonyl (C=O) groups excluding carboxylic acids is 1. The third kappa shape index (κ3) is 29.9. The molecule has 5 nitrogen and oxygen atoms in total. The second-order valence-electron chi connectivity index (χ2n) is 16.4. The summed E-state index contributed by atoms with van der Waals surface area (Å²) in [6, 6.07) is 13.7. The number of amides is 1. The highest BCUT2D eigenvalue weighted by Gasteiger charge is 2.34. The molecule has 2 atom stereocenters. The largest absolute Gasteiger partial charge is 0.480 e. The first-order valence-corrected chi connectivity index (χ1v) is 26.3. The fraction of sp³-hybridized carbons (Fsp3) is 0.741. The number of likely N-dealkylation sites (tertiary alicyclic amines) is 1. The Labute approximate surface area is 378 Å². The van der Waals surface area contributed by atoms with Gasteiger partial charge >= 0.3 is 5.97 Å². The SMILES string of the molecule is C1CC1.CC.CC.CC.CC1CCCCC1.CCC.CCC.CCC1(C)CC1.CC[C@H]1CCCN1Cc1ccc(C(=O)NC(CCSC)C(=O)O)c(-c2ccccc2C)c1. The number of hydrogen-bond acceptors (Lipinski definition) is 4. The summed E-state index contributed by atoms with van der Waals surface area (Å²) in [5.41, 5.74) is 5.44. The Bertz CT molecular complexity index is 1280. The van der Waals surface area contributed by atoms with Crippen LogP contribution in [-0.2, 0) is 11.3 Å². The zero-order chi connectivity index (χ0) is 46.4. The molecular formula is C54H100N2O3S. The van der Waals surface area contributed by atoms with Gasteiger partial charge in [-0.25, -0.2) is 4.79 Å². The molecule has 2 N–H and O–H groups in total. The summed E-state index contributed by atoms with van der Waals surface area (Å²) in [5.74, 6) is 0.376. The first kappa shape index (κ1) is 62.0. The Morgan fingerprint density at radius 1 is 0.800 bits per heavy atom. The summed E-state index contributed by atoms with van der Waals surface area (Å²) in [5, 5.41) is 12.3. The summed E-state index contributed by atoms with van der Waals surface area (Å²) >= 11 is 1.57. The third-order valence-electron chi connectivity index (χ3n) is 10.5. The van der Waals surface area contributed by atoms with Crippen molar-refractivity contribution < 1.29 is 14.7 Å². The van der Waals surface area contributed by atoms with Crippen LogP contribution in [0.1, 0.15) is 228 Å². The van der Waals surface area contributed by atoms with E-state index in [1.807, 2.05) is 91.1 Å². The molecule has 4 aliphatic rings. The number of aryl methyl sites for hydroxylation is 1. The summed E-state index contributed by atoms with van der Waals surface area (Å²) < 4.78 is 0. The molecule has 0 spiro atoms. The number of rotatable bonds is 11. The second kappa shape index (κ2) is 40.7. The number of nitrogens with one attached hydrogen (secondary N) is 1. The molecule has 4 fully saturated rings. The van der Waals surface area contributed by atoms with Crippen molar-refractivity contribution in [3.8, 4) is 11.1 Å². The molecule has 0 aromatic heterocycles. The van der Waals surface area contributed by atoms with Crippen molar-refractivity contribution in [2.24, 2.45) is 11.3 Å². The van der Waals surface area contributed by atoms with Gasteiger partial charge in [-0.2, -0.15) is 11.8 Å². The molecule has 2 aromatic carbocycles. The van der Waals surface area contributed by atoms with Crippen molar-refractivity contribution in [3.05, 3.63) is 59.2 Å².